The van der Waals surface area contributed by atoms with E-state index in [1.54, 1.807) is 19.2 Å². The number of carbonyl (C=O) groups is 2. The van der Waals surface area contributed by atoms with Crippen LogP contribution in [-0.2, 0) is 16.1 Å². The van der Waals surface area contributed by atoms with Crippen LogP contribution in [0.3, 0.4) is 0 Å². The van der Waals surface area contributed by atoms with Crippen LogP contribution in [0.5, 0.6) is 5.75 Å². The molecule has 0 aliphatic carbocycles. The summed E-state index contributed by atoms with van der Waals surface area (Å²) < 4.78 is 13.0. The van der Waals surface area contributed by atoms with Gasteiger partial charge in [-0.15, -0.1) is 11.8 Å². The lowest BCUT2D eigenvalue weighted by atomic mass is 10.2. The molecule has 2 N–H and O–H groups in total. The van der Waals surface area contributed by atoms with Gasteiger partial charge >= 0.3 is 0 Å². The summed E-state index contributed by atoms with van der Waals surface area (Å²) in [4.78, 5) is 25.9. The van der Waals surface area contributed by atoms with E-state index in [4.69, 9.17) is 9.47 Å². The first-order valence-corrected chi connectivity index (χ1v) is 12.1. The lowest BCUT2D eigenvalue weighted by Gasteiger charge is -2.10. The van der Waals surface area contributed by atoms with Gasteiger partial charge in [-0.1, -0.05) is 30.3 Å². The summed E-state index contributed by atoms with van der Waals surface area (Å²) in [5, 5.41) is 7.04. The minimum Gasteiger partial charge on any atom is -0.496 e. The van der Waals surface area contributed by atoms with Crippen molar-refractivity contribution in [3.63, 3.8) is 0 Å². The van der Waals surface area contributed by atoms with Crippen LogP contribution in [0.2, 0.25) is 0 Å². The lowest BCUT2D eigenvalue weighted by Crippen LogP contribution is -2.32. The van der Waals surface area contributed by atoms with E-state index in [0.717, 1.165) is 35.2 Å². The molecule has 2 heterocycles. The first-order chi connectivity index (χ1) is 16.2. The fourth-order valence-electron chi connectivity index (χ4n) is 3.96. The Bertz CT molecular complexity index is 1110. The minimum absolute atomic E-state index is 0.0106. The number of thioether (sulfide) groups is 1. The number of carbonyl (C=O) groups excluding carboxylic acids is 2. The highest BCUT2D eigenvalue weighted by Gasteiger charge is 2.17. The van der Waals surface area contributed by atoms with Crippen molar-refractivity contribution in [2.75, 3.05) is 32.6 Å². The van der Waals surface area contributed by atoms with Crippen molar-refractivity contribution >= 4 is 34.5 Å². The number of rotatable bonds is 10. The van der Waals surface area contributed by atoms with Crippen molar-refractivity contribution < 1.29 is 19.1 Å². The molecule has 174 valence electrons. The molecule has 0 spiro atoms. The molecule has 33 heavy (non-hydrogen) atoms. The van der Waals surface area contributed by atoms with Gasteiger partial charge in [0.05, 0.1) is 24.5 Å². The Morgan fingerprint density at radius 2 is 1.97 bits per heavy atom. The number of ether oxygens (including phenoxy) is 2. The maximum Gasteiger partial charge on any atom is 0.255 e. The van der Waals surface area contributed by atoms with E-state index in [1.165, 1.54) is 11.8 Å². The van der Waals surface area contributed by atoms with Crippen LogP contribution in [0, 0.1) is 0 Å². The van der Waals surface area contributed by atoms with Crippen LogP contribution < -0.4 is 15.4 Å². The Labute approximate surface area is 197 Å². The minimum atomic E-state index is -0.165. The molecule has 2 amide bonds. The molecule has 1 aliphatic rings. The Morgan fingerprint density at radius 3 is 2.79 bits per heavy atom. The van der Waals surface area contributed by atoms with Crippen LogP contribution in [0.15, 0.2) is 59.6 Å². The summed E-state index contributed by atoms with van der Waals surface area (Å²) >= 11 is 1.53. The van der Waals surface area contributed by atoms with Crippen molar-refractivity contribution in [2.45, 2.75) is 30.4 Å². The maximum absolute atomic E-state index is 12.6. The van der Waals surface area contributed by atoms with E-state index in [0.29, 0.717) is 36.7 Å². The number of fused-ring (bicyclic) bond motifs is 1. The Morgan fingerprint density at radius 1 is 1.15 bits per heavy atom. The molecule has 1 aliphatic heterocycles. The second kappa shape index (κ2) is 11.2. The number of benzene rings is 2. The largest absolute Gasteiger partial charge is 0.496 e. The first-order valence-electron chi connectivity index (χ1n) is 11.2. The molecular weight excluding hydrogens is 438 g/mol. The zero-order valence-electron chi connectivity index (χ0n) is 18.7. The fourth-order valence-corrected chi connectivity index (χ4v) is 4.88. The van der Waals surface area contributed by atoms with E-state index in [-0.39, 0.29) is 17.9 Å². The van der Waals surface area contributed by atoms with Gasteiger partial charge in [-0.2, -0.15) is 0 Å². The van der Waals surface area contributed by atoms with E-state index >= 15 is 0 Å². The zero-order chi connectivity index (χ0) is 23.0. The van der Waals surface area contributed by atoms with Crippen molar-refractivity contribution in [1.82, 2.24) is 15.2 Å². The van der Waals surface area contributed by atoms with Crippen LogP contribution in [-0.4, -0.2) is 55.0 Å². The summed E-state index contributed by atoms with van der Waals surface area (Å²) in [5.41, 5.74) is 1.59. The molecule has 3 aromatic rings. The number of amides is 2. The monoisotopic (exact) mass is 467 g/mol. The summed E-state index contributed by atoms with van der Waals surface area (Å²) in [6, 6.07) is 15.3. The Hall–Kier alpha value is -2.97. The molecule has 0 unspecified atom stereocenters. The quantitative estimate of drug-likeness (QED) is 0.446. The molecule has 1 atom stereocenters. The predicted molar refractivity (Wildman–Crippen MR) is 130 cm³/mol. The standard InChI is InChI=1S/C25H29N3O4S/c1-31-22-11-5-3-9-20(22)25(30)26-12-13-28-16-23(19-8-2-4-10-21(19)28)33-17-24(29)27-15-18-7-6-14-32-18/h2-5,8-11,16,18H,6-7,12-15,17H2,1H3,(H,26,30)(H,27,29)/t18-/m1/s1. The molecule has 2 aromatic carbocycles. The highest BCUT2D eigenvalue weighted by Crippen LogP contribution is 2.30. The molecule has 1 fully saturated rings. The van der Waals surface area contributed by atoms with Crippen LogP contribution in [0.4, 0.5) is 0 Å². The van der Waals surface area contributed by atoms with Crippen molar-refractivity contribution in [3.05, 3.63) is 60.3 Å². The van der Waals surface area contributed by atoms with Gasteiger partial charge in [0.1, 0.15) is 5.75 Å². The summed E-state index contributed by atoms with van der Waals surface area (Å²) in [5.74, 6) is 0.751. The number of aromatic nitrogens is 1. The number of hydrogen-bond acceptors (Lipinski definition) is 5. The van der Waals surface area contributed by atoms with Gasteiger partial charge in [-0.25, -0.2) is 0 Å². The molecule has 1 aromatic heterocycles. The highest BCUT2D eigenvalue weighted by atomic mass is 32.2. The highest BCUT2D eigenvalue weighted by molar-refractivity contribution is 8.00. The number of nitrogens with zero attached hydrogens (tertiary/aromatic N) is 1. The molecule has 1 saturated heterocycles. The molecule has 0 radical (unpaired) electrons. The number of hydrogen-bond donors (Lipinski definition) is 2. The number of methoxy groups -OCH3 is 1. The van der Waals surface area contributed by atoms with Crippen molar-refractivity contribution in [2.24, 2.45) is 0 Å². The van der Waals surface area contributed by atoms with Gasteiger partial charge in [-0.3, -0.25) is 9.59 Å². The van der Waals surface area contributed by atoms with Gasteiger partial charge in [-0.05, 0) is 31.0 Å². The van der Waals surface area contributed by atoms with Crippen molar-refractivity contribution in [3.8, 4) is 5.75 Å². The predicted octanol–water partition coefficient (Wildman–Crippen LogP) is 3.47. The third-order valence-corrected chi connectivity index (χ3v) is 6.69. The van der Waals surface area contributed by atoms with E-state index in [1.807, 2.05) is 24.3 Å². The number of nitrogens with one attached hydrogen (secondary N) is 2. The summed E-state index contributed by atoms with van der Waals surface area (Å²) in [6.45, 7) is 2.45. The second-order valence-corrected chi connectivity index (χ2v) is 8.91. The molecule has 4 rings (SSSR count). The normalized spacial score (nSPS) is 15.5. The zero-order valence-corrected chi connectivity index (χ0v) is 19.5. The van der Waals surface area contributed by atoms with E-state index in [9.17, 15) is 9.59 Å². The summed E-state index contributed by atoms with van der Waals surface area (Å²) in [7, 11) is 1.56. The molecular formula is C25H29N3O4S. The smallest absolute Gasteiger partial charge is 0.255 e. The first kappa shape index (κ1) is 23.2. The van der Waals surface area contributed by atoms with Crippen LogP contribution >= 0.6 is 11.8 Å². The van der Waals surface area contributed by atoms with Gasteiger partial charge in [0.25, 0.3) is 5.91 Å². The average molecular weight is 468 g/mol. The van der Waals surface area contributed by atoms with Crippen LogP contribution in [0.25, 0.3) is 10.9 Å². The molecule has 0 saturated carbocycles. The second-order valence-electron chi connectivity index (χ2n) is 7.89. The third-order valence-electron chi connectivity index (χ3n) is 5.65. The van der Waals surface area contributed by atoms with E-state index < -0.39 is 0 Å². The molecule has 0 bridgehead atoms. The van der Waals surface area contributed by atoms with Gasteiger partial charge in [0.15, 0.2) is 0 Å². The Kier molecular flexibility index (Phi) is 7.91. The van der Waals surface area contributed by atoms with Crippen molar-refractivity contribution in [1.29, 1.82) is 0 Å². The SMILES string of the molecule is COc1ccccc1C(=O)NCCn1cc(SCC(=O)NC[C@H]2CCCO2)c2ccccc21. The maximum atomic E-state index is 12.6. The third kappa shape index (κ3) is 5.89. The van der Waals surface area contributed by atoms with Gasteiger partial charge < -0.3 is 24.7 Å². The summed E-state index contributed by atoms with van der Waals surface area (Å²) in [6.07, 6.45) is 4.27. The fraction of sp³-hybridized carbons (Fsp3) is 0.360. The van der Waals surface area contributed by atoms with E-state index in [2.05, 4.69) is 33.5 Å². The molecule has 7 nitrogen and oxygen atoms in total. The molecule has 8 heteroatoms. The Balaban J connectivity index is 1.34. The average Bonchev–Trinajstić information content (AvgIpc) is 3.49. The number of para-hydroxylation sites is 2. The lowest BCUT2D eigenvalue weighted by molar-refractivity contribution is -0.119. The van der Waals surface area contributed by atoms with Crippen LogP contribution in [0.1, 0.15) is 23.2 Å². The topological polar surface area (TPSA) is 81.6 Å². The van der Waals surface area contributed by atoms with Gasteiger partial charge in [0, 0.05) is 48.2 Å². The van der Waals surface area contributed by atoms with Gasteiger partial charge in [0.2, 0.25) is 5.91 Å².